The number of aliphatic hydroxyl groups is 1. The van der Waals surface area contributed by atoms with Crippen molar-refractivity contribution < 1.29 is 14.6 Å². The van der Waals surface area contributed by atoms with Crippen molar-refractivity contribution in [3.63, 3.8) is 0 Å². The summed E-state index contributed by atoms with van der Waals surface area (Å²) in [7, 11) is 1.61. The summed E-state index contributed by atoms with van der Waals surface area (Å²) in [6.07, 6.45) is 3.22. The van der Waals surface area contributed by atoms with Gasteiger partial charge in [0.15, 0.2) is 0 Å². The highest BCUT2D eigenvalue weighted by Gasteiger charge is 2.38. The molecule has 1 amide bonds. The lowest BCUT2D eigenvalue weighted by molar-refractivity contribution is -0.119. The second kappa shape index (κ2) is 6.29. The molecular weight excluding hydrogens is 386 g/mol. The minimum Gasteiger partial charge on any atom is -0.494 e. The van der Waals surface area contributed by atoms with Gasteiger partial charge in [-0.25, -0.2) is 4.98 Å². The molecule has 0 atom stereocenters. The Labute approximate surface area is 155 Å². The summed E-state index contributed by atoms with van der Waals surface area (Å²) in [6, 6.07) is 3.87. The predicted molar refractivity (Wildman–Crippen MR) is 101 cm³/mol. The van der Waals surface area contributed by atoms with Crippen LogP contribution < -0.4 is 10.1 Å². The van der Waals surface area contributed by atoms with Crippen LogP contribution in [0.5, 0.6) is 5.75 Å². The SMILES string of the molecule is COc1cc(Br)cc2c1nc(NC(=O)CC(C)(C)O)n2C1(C)CCC1. The molecule has 2 aromatic rings. The number of imidazole rings is 1. The number of carbonyl (C=O) groups excluding carboxylic acids is 1. The zero-order chi connectivity index (χ0) is 18.4. The molecule has 0 unspecified atom stereocenters. The standard InChI is InChI=1S/C18H24BrN3O3/c1-17(2,24)10-14(23)20-16-21-15-12(8-11(19)9-13(15)25-4)22(16)18(3)6-5-7-18/h8-9,24H,5-7,10H2,1-4H3,(H,20,21,23). The molecule has 0 aliphatic heterocycles. The van der Waals surface area contributed by atoms with Crippen molar-refractivity contribution in [2.45, 2.75) is 57.6 Å². The molecule has 3 rings (SSSR count). The van der Waals surface area contributed by atoms with Crippen LogP contribution in [0.2, 0.25) is 0 Å². The van der Waals surface area contributed by atoms with Gasteiger partial charge in [-0.1, -0.05) is 15.9 Å². The van der Waals surface area contributed by atoms with Crippen molar-refractivity contribution in [1.29, 1.82) is 0 Å². The van der Waals surface area contributed by atoms with E-state index in [2.05, 4.69) is 37.7 Å². The second-order valence-electron chi connectivity index (χ2n) is 7.63. The lowest BCUT2D eigenvalue weighted by Crippen LogP contribution is -2.38. The van der Waals surface area contributed by atoms with Gasteiger partial charge in [0.25, 0.3) is 0 Å². The Morgan fingerprint density at radius 1 is 1.48 bits per heavy atom. The number of hydrogen-bond acceptors (Lipinski definition) is 4. The average Bonchev–Trinajstić information content (AvgIpc) is 2.79. The highest BCUT2D eigenvalue weighted by Crippen LogP contribution is 2.44. The molecule has 0 radical (unpaired) electrons. The molecule has 0 spiro atoms. The first-order valence-electron chi connectivity index (χ1n) is 8.42. The van der Waals surface area contributed by atoms with E-state index in [-0.39, 0.29) is 17.9 Å². The van der Waals surface area contributed by atoms with E-state index in [9.17, 15) is 9.90 Å². The van der Waals surface area contributed by atoms with Gasteiger partial charge < -0.3 is 14.4 Å². The maximum absolute atomic E-state index is 12.3. The quantitative estimate of drug-likeness (QED) is 0.786. The smallest absolute Gasteiger partial charge is 0.229 e. The molecule has 1 heterocycles. The van der Waals surface area contributed by atoms with Crippen LogP contribution in [-0.2, 0) is 10.3 Å². The molecule has 0 saturated heterocycles. The molecule has 1 fully saturated rings. The summed E-state index contributed by atoms with van der Waals surface area (Å²) < 4.78 is 8.46. The van der Waals surface area contributed by atoms with Gasteiger partial charge in [0.1, 0.15) is 11.3 Å². The van der Waals surface area contributed by atoms with Crippen LogP contribution in [0, 0.1) is 0 Å². The van der Waals surface area contributed by atoms with Gasteiger partial charge in [-0.15, -0.1) is 0 Å². The number of aromatic nitrogens is 2. The third-order valence-electron chi connectivity index (χ3n) is 4.72. The van der Waals surface area contributed by atoms with E-state index in [1.807, 2.05) is 12.1 Å². The lowest BCUT2D eigenvalue weighted by Gasteiger charge is -2.41. The van der Waals surface area contributed by atoms with Crippen LogP contribution in [0.3, 0.4) is 0 Å². The fourth-order valence-electron chi connectivity index (χ4n) is 3.37. The first-order chi connectivity index (χ1) is 11.6. The number of carbonyl (C=O) groups is 1. The minimum atomic E-state index is -1.07. The van der Waals surface area contributed by atoms with Crippen LogP contribution >= 0.6 is 15.9 Å². The largest absolute Gasteiger partial charge is 0.494 e. The molecule has 0 bridgehead atoms. The van der Waals surface area contributed by atoms with Crippen LogP contribution in [0.1, 0.15) is 46.5 Å². The molecule has 2 N–H and O–H groups in total. The summed E-state index contributed by atoms with van der Waals surface area (Å²) in [5, 5.41) is 12.8. The van der Waals surface area contributed by atoms with Gasteiger partial charge in [0, 0.05) is 10.0 Å². The Balaban J connectivity index is 2.10. The van der Waals surface area contributed by atoms with Crippen molar-refractivity contribution in [2.75, 3.05) is 12.4 Å². The number of halogens is 1. The first kappa shape index (κ1) is 18.2. The number of methoxy groups -OCH3 is 1. The van der Waals surface area contributed by atoms with E-state index in [1.54, 1.807) is 21.0 Å². The number of anilines is 1. The van der Waals surface area contributed by atoms with Gasteiger partial charge in [-0.05, 0) is 52.2 Å². The van der Waals surface area contributed by atoms with E-state index < -0.39 is 5.60 Å². The molecule has 7 heteroatoms. The van der Waals surface area contributed by atoms with Crippen LogP contribution in [-0.4, -0.2) is 33.3 Å². The van der Waals surface area contributed by atoms with E-state index in [1.165, 1.54) is 0 Å². The average molecular weight is 410 g/mol. The van der Waals surface area contributed by atoms with Crippen molar-refractivity contribution in [1.82, 2.24) is 9.55 Å². The van der Waals surface area contributed by atoms with Crippen LogP contribution in [0.15, 0.2) is 16.6 Å². The number of benzene rings is 1. The first-order valence-corrected chi connectivity index (χ1v) is 9.21. The molecule has 6 nitrogen and oxygen atoms in total. The number of rotatable bonds is 5. The van der Waals surface area contributed by atoms with E-state index in [4.69, 9.17) is 4.74 Å². The highest BCUT2D eigenvalue weighted by atomic mass is 79.9. The Morgan fingerprint density at radius 2 is 2.16 bits per heavy atom. The molecule has 1 aliphatic rings. The predicted octanol–water partition coefficient (Wildman–Crippen LogP) is 3.81. The van der Waals surface area contributed by atoms with Gasteiger partial charge >= 0.3 is 0 Å². The Bertz CT molecular complexity index is 819. The highest BCUT2D eigenvalue weighted by molar-refractivity contribution is 9.10. The van der Waals surface area contributed by atoms with Crippen LogP contribution in [0.25, 0.3) is 11.0 Å². The molecule has 136 valence electrons. The zero-order valence-electron chi connectivity index (χ0n) is 15.0. The van der Waals surface area contributed by atoms with Crippen molar-refractivity contribution in [3.8, 4) is 5.75 Å². The van der Waals surface area contributed by atoms with Gasteiger partial charge in [-0.2, -0.15) is 0 Å². The number of nitrogens with zero attached hydrogens (tertiary/aromatic N) is 2. The topological polar surface area (TPSA) is 76.4 Å². The molecule has 25 heavy (non-hydrogen) atoms. The minimum absolute atomic E-state index is 0.00769. The number of fused-ring (bicyclic) bond motifs is 1. The monoisotopic (exact) mass is 409 g/mol. The molecular formula is C18H24BrN3O3. The molecule has 1 aromatic carbocycles. The Kier molecular flexibility index (Phi) is 4.58. The third kappa shape index (κ3) is 3.53. The number of ether oxygens (including phenoxy) is 1. The van der Waals surface area contributed by atoms with Gasteiger partial charge in [0.05, 0.1) is 24.6 Å². The fourth-order valence-corrected chi connectivity index (χ4v) is 3.80. The molecule has 1 aromatic heterocycles. The van der Waals surface area contributed by atoms with E-state index in [0.717, 1.165) is 34.8 Å². The van der Waals surface area contributed by atoms with Crippen LogP contribution in [0.4, 0.5) is 5.95 Å². The second-order valence-corrected chi connectivity index (χ2v) is 8.55. The zero-order valence-corrected chi connectivity index (χ0v) is 16.6. The molecule has 1 saturated carbocycles. The Hall–Kier alpha value is -1.60. The fraction of sp³-hybridized carbons (Fsp3) is 0.556. The number of hydrogen-bond donors (Lipinski definition) is 2. The number of nitrogens with one attached hydrogen (secondary N) is 1. The summed E-state index contributed by atoms with van der Waals surface area (Å²) >= 11 is 3.52. The Morgan fingerprint density at radius 3 is 2.68 bits per heavy atom. The van der Waals surface area contributed by atoms with Gasteiger partial charge in [0.2, 0.25) is 11.9 Å². The van der Waals surface area contributed by atoms with Crippen molar-refractivity contribution >= 4 is 38.8 Å². The van der Waals surface area contributed by atoms with Gasteiger partial charge in [-0.3, -0.25) is 10.1 Å². The van der Waals surface area contributed by atoms with Crippen molar-refractivity contribution in [2.24, 2.45) is 0 Å². The third-order valence-corrected chi connectivity index (χ3v) is 5.18. The lowest BCUT2D eigenvalue weighted by atomic mass is 9.78. The maximum atomic E-state index is 12.3. The van der Waals surface area contributed by atoms with E-state index in [0.29, 0.717) is 11.7 Å². The van der Waals surface area contributed by atoms with E-state index >= 15 is 0 Å². The summed E-state index contributed by atoms with van der Waals surface area (Å²) in [5.74, 6) is 0.900. The summed E-state index contributed by atoms with van der Waals surface area (Å²) in [6.45, 7) is 5.41. The maximum Gasteiger partial charge on any atom is 0.229 e. The van der Waals surface area contributed by atoms with Crippen molar-refractivity contribution in [3.05, 3.63) is 16.6 Å². The molecule has 1 aliphatic carbocycles. The summed E-state index contributed by atoms with van der Waals surface area (Å²) in [4.78, 5) is 17.0. The normalized spacial score (nSPS) is 16.6. The number of amides is 1. The summed E-state index contributed by atoms with van der Waals surface area (Å²) in [5.41, 5.74) is 0.490.